The fourth-order valence-corrected chi connectivity index (χ4v) is 1.16. The number of rotatable bonds is 2. The Morgan fingerprint density at radius 2 is 2.13 bits per heavy atom. The van der Waals surface area contributed by atoms with E-state index in [1.165, 1.54) is 6.08 Å². The minimum absolute atomic E-state index is 0.304. The van der Waals surface area contributed by atoms with E-state index in [1.807, 2.05) is 46.2 Å². The topological polar surface area (TPSA) is 42.1 Å². The molecule has 1 aromatic rings. The summed E-state index contributed by atoms with van der Waals surface area (Å²) in [5, 5.41) is 0. The van der Waals surface area contributed by atoms with E-state index in [0.717, 1.165) is 11.1 Å². The fraction of sp³-hybridized carbons (Fsp3) is 0.417. The van der Waals surface area contributed by atoms with E-state index in [1.54, 1.807) is 0 Å². The maximum atomic E-state index is 11.5. The first-order valence-electron chi connectivity index (χ1n) is 4.93. The van der Waals surface area contributed by atoms with Crippen LogP contribution >= 0.6 is 0 Å². The predicted molar refractivity (Wildman–Crippen MR) is 60.3 cm³/mol. The van der Waals surface area contributed by atoms with Crippen LogP contribution in [0.15, 0.2) is 24.5 Å². The molecule has 1 aromatic heterocycles. The highest BCUT2D eigenvalue weighted by atomic mass is 16.6. The second kappa shape index (κ2) is 4.34. The SMILES string of the molecule is C/C(=C\C(=O)OC(C)(C)C)c1cc[nH]c1. The van der Waals surface area contributed by atoms with Gasteiger partial charge >= 0.3 is 5.97 Å². The van der Waals surface area contributed by atoms with Crippen LogP contribution in [0.2, 0.25) is 0 Å². The molecular formula is C12H17NO2. The molecule has 0 aliphatic rings. The van der Waals surface area contributed by atoms with E-state index in [2.05, 4.69) is 4.98 Å². The monoisotopic (exact) mass is 207 g/mol. The van der Waals surface area contributed by atoms with Crippen LogP contribution in [0.4, 0.5) is 0 Å². The van der Waals surface area contributed by atoms with Crippen molar-refractivity contribution >= 4 is 11.5 Å². The smallest absolute Gasteiger partial charge is 0.331 e. The predicted octanol–water partition coefficient (Wildman–Crippen LogP) is 2.76. The molecular weight excluding hydrogens is 190 g/mol. The number of nitrogens with one attached hydrogen (secondary N) is 1. The number of H-pyrrole nitrogens is 1. The van der Waals surface area contributed by atoms with Crippen molar-refractivity contribution in [2.45, 2.75) is 33.3 Å². The van der Waals surface area contributed by atoms with Crippen LogP contribution < -0.4 is 0 Å². The van der Waals surface area contributed by atoms with E-state index in [-0.39, 0.29) is 5.97 Å². The van der Waals surface area contributed by atoms with E-state index in [9.17, 15) is 4.79 Å². The number of esters is 1. The van der Waals surface area contributed by atoms with Crippen molar-refractivity contribution in [1.82, 2.24) is 4.98 Å². The number of hydrogen-bond donors (Lipinski definition) is 1. The first-order chi connectivity index (χ1) is 6.88. The third-order valence-electron chi connectivity index (χ3n) is 1.79. The van der Waals surface area contributed by atoms with Gasteiger partial charge in [0.05, 0.1) is 0 Å². The van der Waals surface area contributed by atoms with Gasteiger partial charge in [-0.3, -0.25) is 0 Å². The molecule has 1 heterocycles. The average Bonchev–Trinajstić information content (AvgIpc) is 2.50. The molecule has 0 saturated carbocycles. The Labute approximate surface area is 90.1 Å². The van der Waals surface area contributed by atoms with E-state index < -0.39 is 5.60 Å². The lowest BCUT2D eigenvalue weighted by Gasteiger charge is -2.18. The largest absolute Gasteiger partial charge is 0.457 e. The van der Waals surface area contributed by atoms with Crippen molar-refractivity contribution in [2.75, 3.05) is 0 Å². The van der Waals surface area contributed by atoms with E-state index in [0.29, 0.717) is 0 Å². The molecule has 0 aliphatic heterocycles. The van der Waals surface area contributed by atoms with Crippen LogP contribution in [0.25, 0.3) is 5.57 Å². The number of carbonyl (C=O) groups is 1. The van der Waals surface area contributed by atoms with Gasteiger partial charge in [-0.1, -0.05) is 0 Å². The third-order valence-corrected chi connectivity index (χ3v) is 1.79. The number of allylic oxidation sites excluding steroid dienone is 1. The minimum Gasteiger partial charge on any atom is -0.457 e. The Kier molecular flexibility index (Phi) is 3.35. The summed E-state index contributed by atoms with van der Waals surface area (Å²) in [4.78, 5) is 14.4. The molecule has 0 radical (unpaired) electrons. The molecule has 0 amide bonds. The molecule has 0 unspecified atom stereocenters. The highest BCUT2D eigenvalue weighted by molar-refractivity contribution is 5.91. The second-order valence-corrected chi connectivity index (χ2v) is 4.46. The molecule has 1 N–H and O–H groups in total. The van der Waals surface area contributed by atoms with Crippen LogP contribution in [0.1, 0.15) is 33.3 Å². The lowest BCUT2D eigenvalue weighted by molar-refractivity contribution is -0.148. The normalized spacial score (nSPS) is 12.7. The van der Waals surface area contributed by atoms with E-state index in [4.69, 9.17) is 4.74 Å². The van der Waals surface area contributed by atoms with Gasteiger partial charge in [-0.25, -0.2) is 4.79 Å². The minimum atomic E-state index is -0.438. The van der Waals surface area contributed by atoms with Crippen molar-refractivity contribution in [3.8, 4) is 0 Å². The van der Waals surface area contributed by atoms with Gasteiger partial charge in [-0.15, -0.1) is 0 Å². The van der Waals surface area contributed by atoms with Gasteiger partial charge in [0, 0.05) is 18.5 Å². The number of carbonyl (C=O) groups excluding carboxylic acids is 1. The number of aromatic nitrogens is 1. The summed E-state index contributed by atoms with van der Waals surface area (Å²) < 4.78 is 5.18. The summed E-state index contributed by atoms with van der Waals surface area (Å²) in [6.07, 6.45) is 5.17. The van der Waals surface area contributed by atoms with Gasteiger partial charge in [0.25, 0.3) is 0 Å². The molecule has 3 heteroatoms. The van der Waals surface area contributed by atoms with Crippen molar-refractivity contribution in [1.29, 1.82) is 0 Å². The molecule has 82 valence electrons. The van der Waals surface area contributed by atoms with Crippen molar-refractivity contribution in [3.63, 3.8) is 0 Å². The molecule has 15 heavy (non-hydrogen) atoms. The summed E-state index contributed by atoms with van der Waals surface area (Å²) in [6.45, 7) is 7.44. The van der Waals surface area contributed by atoms with Crippen LogP contribution in [-0.2, 0) is 9.53 Å². The first kappa shape index (κ1) is 11.6. The summed E-state index contributed by atoms with van der Waals surface area (Å²) in [5.41, 5.74) is 1.46. The lowest BCUT2D eigenvalue weighted by Crippen LogP contribution is -2.22. The molecule has 0 atom stereocenters. The lowest BCUT2D eigenvalue weighted by atomic mass is 10.1. The first-order valence-corrected chi connectivity index (χ1v) is 4.93. The van der Waals surface area contributed by atoms with Gasteiger partial charge in [0.1, 0.15) is 5.60 Å². The number of ether oxygens (including phenoxy) is 1. The Hall–Kier alpha value is -1.51. The zero-order valence-electron chi connectivity index (χ0n) is 9.63. The third kappa shape index (κ3) is 4.02. The Balaban J connectivity index is 2.68. The average molecular weight is 207 g/mol. The molecule has 3 nitrogen and oxygen atoms in total. The van der Waals surface area contributed by atoms with Gasteiger partial charge in [-0.05, 0) is 44.9 Å². The molecule has 0 aliphatic carbocycles. The van der Waals surface area contributed by atoms with Crippen LogP contribution in [0, 0.1) is 0 Å². The quantitative estimate of drug-likeness (QED) is 0.598. The van der Waals surface area contributed by atoms with Crippen molar-refractivity contribution in [2.24, 2.45) is 0 Å². The summed E-state index contributed by atoms with van der Waals surface area (Å²) in [7, 11) is 0. The standard InChI is InChI=1S/C12H17NO2/c1-9(10-5-6-13-8-10)7-11(14)15-12(2,3)4/h5-8,13H,1-4H3/b9-7+. The Morgan fingerprint density at radius 3 is 2.60 bits per heavy atom. The molecule has 0 saturated heterocycles. The van der Waals surface area contributed by atoms with Crippen LogP contribution in [0.5, 0.6) is 0 Å². The maximum absolute atomic E-state index is 11.5. The highest BCUT2D eigenvalue weighted by Gasteiger charge is 2.14. The summed E-state index contributed by atoms with van der Waals surface area (Å²) >= 11 is 0. The van der Waals surface area contributed by atoms with Crippen LogP contribution in [0.3, 0.4) is 0 Å². The zero-order chi connectivity index (χ0) is 11.5. The zero-order valence-corrected chi connectivity index (χ0v) is 9.63. The molecule has 0 fully saturated rings. The Bertz CT molecular complexity index is 355. The van der Waals surface area contributed by atoms with Gasteiger partial charge in [-0.2, -0.15) is 0 Å². The maximum Gasteiger partial charge on any atom is 0.331 e. The second-order valence-electron chi connectivity index (χ2n) is 4.46. The molecule has 0 spiro atoms. The number of aromatic amines is 1. The van der Waals surface area contributed by atoms with Crippen molar-refractivity contribution < 1.29 is 9.53 Å². The van der Waals surface area contributed by atoms with Gasteiger partial charge < -0.3 is 9.72 Å². The molecule has 1 rings (SSSR count). The summed E-state index contributed by atoms with van der Waals surface area (Å²) in [6, 6.07) is 1.91. The van der Waals surface area contributed by atoms with Crippen LogP contribution in [-0.4, -0.2) is 16.6 Å². The fourth-order valence-electron chi connectivity index (χ4n) is 1.16. The van der Waals surface area contributed by atoms with Gasteiger partial charge in [0.15, 0.2) is 0 Å². The number of hydrogen-bond acceptors (Lipinski definition) is 2. The highest BCUT2D eigenvalue weighted by Crippen LogP contribution is 2.14. The molecule has 0 bridgehead atoms. The van der Waals surface area contributed by atoms with E-state index >= 15 is 0 Å². The van der Waals surface area contributed by atoms with Gasteiger partial charge in [0.2, 0.25) is 0 Å². The molecule has 0 aromatic carbocycles. The Morgan fingerprint density at radius 1 is 1.47 bits per heavy atom. The summed E-state index contributed by atoms with van der Waals surface area (Å²) in [5.74, 6) is -0.304. The van der Waals surface area contributed by atoms with Crippen molar-refractivity contribution in [3.05, 3.63) is 30.1 Å².